The molecule has 3 heterocycles. The molecule has 0 amide bonds. The number of guanidine groups is 1. The van der Waals surface area contributed by atoms with E-state index in [0.717, 1.165) is 51.5 Å². The van der Waals surface area contributed by atoms with Gasteiger partial charge >= 0.3 is 0 Å². The van der Waals surface area contributed by atoms with Crippen LogP contribution in [0.25, 0.3) is 0 Å². The highest BCUT2D eigenvalue weighted by atomic mass is 32.1. The molecule has 0 bridgehead atoms. The number of hydrogen-bond acceptors (Lipinski definition) is 4. The second-order valence-electron chi connectivity index (χ2n) is 7.33. The first-order valence-electron chi connectivity index (χ1n) is 10.1. The zero-order chi connectivity index (χ0) is 19.2. The predicted octanol–water partition coefficient (Wildman–Crippen LogP) is 3.46. The highest BCUT2D eigenvalue weighted by Crippen LogP contribution is 2.24. The normalized spacial score (nSPS) is 18.0. The lowest BCUT2D eigenvalue weighted by molar-refractivity contribution is 0.463. The van der Waals surface area contributed by atoms with Gasteiger partial charge in [0.15, 0.2) is 5.96 Å². The number of aliphatic imine (C=N–C) groups is 1. The quantitative estimate of drug-likeness (QED) is 0.462. The summed E-state index contributed by atoms with van der Waals surface area (Å²) >= 11 is 1.83. The summed E-state index contributed by atoms with van der Waals surface area (Å²) in [6.07, 6.45) is 6.71. The van der Waals surface area contributed by atoms with Gasteiger partial charge in [0.2, 0.25) is 0 Å². The van der Waals surface area contributed by atoms with Crippen LogP contribution >= 0.6 is 11.3 Å². The summed E-state index contributed by atoms with van der Waals surface area (Å²) in [5.74, 6) is 0.891. The minimum Gasteiger partial charge on any atom is -0.364 e. The van der Waals surface area contributed by atoms with Gasteiger partial charge in [-0.05, 0) is 48.1 Å². The molecule has 4 rings (SSSR count). The Morgan fingerprint density at radius 3 is 2.46 bits per heavy atom. The van der Waals surface area contributed by atoms with Crippen molar-refractivity contribution in [2.45, 2.75) is 25.4 Å². The van der Waals surface area contributed by atoms with Crippen molar-refractivity contribution in [1.82, 2.24) is 10.6 Å². The maximum absolute atomic E-state index is 4.41. The molecule has 2 aliphatic heterocycles. The predicted molar refractivity (Wildman–Crippen MR) is 121 cm³/mol. The average molecular weight is 396 g/mol. The van der Waals surface area contributed by atoms with Gasteiger partial charge in [-0.3, -0.25) is 4.99 Å². The summed E-state index contributed by atoms with van der Waals surface area (Å²) in [6, 6.07) is 13.6. The summed E-state index contributed by atoms with van der Waals surface area (Å²) in [5.41, 5.74) is 2.56. The molecule has 0 atom stereocenters. The summed E-state index contributed by atoms with van der Waals surface area (Å²) in [4.78, 5) is 9.26. The number of hydrogen-bond donors (Lipinski definition) is 2. The van der Waals surface area contributed by atoms with Crippen LogP contribution in [0.15, 0.2) is 58.9 Å². The minimum atomic E-state index is 0.479. The van der Waals surface area contributed by atoms with E-state index >= 15 is 0 Å². The van der Waals surface area contributed by atoms with Gasteiger partial charge in [-0.1, -0.05) is 24.3 Å². The van der Waals surface area contributed by atoms with Crippen molar-refractivity contribution in [1.29, 1.82) is 0 Å². The van der Waals surface area contributed by atoms with Crippen LogP contribution in [0.2, 0.25) is 0 Å². The first kappa shape index (κ1) is 18.9. The van der Waals surface area contributed by atoms with E-state index in [9.17, 15) is 0 Å². The van der Waals surface area contributed by atoms with E-state index in [0.29, 0.717) is 6.04 Å². The molecule has 1 aromatic heterocycles. The van der Waals surface area contributed by atoms with Gasteiger partial charge in [-0.25, -0.2) is 0 Å². The molecule has 0 radical (unpaired) electrons. The maximum atomic E-state index is 4.41. The Labute approximate surface area is 171 Å². The molecule has 6 heteroatoms. The van der Waals surface area contributed by atoms with Crippen LogP contribution in [0.4, 0.5) is 10.7 Å². The van der Waals surface area contributed by atoms with Crippen molar-refractivity contribution >= 4 is 28.0 Å². The largest absolute Gasteiger partial charge is 0.364 e. The number of anilines is 2. The molecule has 5 nitrogen and oxygen atoms in total. The smallest absolute Gasteiger partial charge is 0.191 e. The topological polar surface area (TPSA) is 42.9 Å². The number of benzene rings is 1. The van der Waals surface area contributed by atoms with E-state index in [1.54, 1.807) is 0 Å². The van der Waals surface area contributed by atoms with E-state index in [-0.39, 0.29) is 0 Å². The van der Waals surface area contributed by atoms with Crippen LogP contribution in [-0.4, -0.2) is 45.2 Å². The van der Waals surface area contributed by atoms with E-state index in [2.05, 4.69) is 79.4 Å². The fourth-order valence-electron chi connectivity index (χ4n) is 3.78. The third-order valence-corrected chi connectivity index (χ3v) is 6.39. The molecule has 148 valence electrons. The second-order valence-corrected chi connectivity index (χ2v) is 8.25. The van der Waals surface area contributed by atoms with Crippen molar-refractivity contribution < 1.29 is 0 Å². The van der Waals surface area contributed by atoms with E-state index in [4.69, 9.17) is 0 Å². The summed E-state index contributed by atoms with van der Waals surface area (Å²) in [6.45, 7) is 5.01. The Morgan fingerprint density at radius 2 is 1.82 bits per heavy atom. The van der Waals surface area contributed by atoms with Crippen LogP contribution in [0.1, 0.15) is 18.4 Å². The van der Waals surface area contributed by atoms with Gasteiger partial charge < -0.3 is 20.4 Å². The van der Waals surface area contributed by atoms with Crippen LogP contribution in [-0.2, 0) is 6.54 Å². The first-order valence-corrected chi connectivity index (χ1v) is 10.9. The Hall–Kier alpha value is -2.47. The lowest BCUT2D eigenvalue weighted by Gasteiger charge is -2.33. The Kier molecular flexibility index (Phi) is 6.17. The minimum absolute atomic E-state index is 0.479. The molecule has 0 spiro atoms. The lowest BCUT2D eigenvalue weighted by Crippen LogP contribution is -2.48. The third kappa shape index (κ3) is 4.68. The Balaban J connectivity index is 1.23. The van der Waals surface area contributed by atoms with E-state index in [1.165, 1.54) is 16.3 Å². The summed E-state index contributed by atoms with van der Waals surface area (Å²) in [7, 11) is 1.85. The van der Waals surface area contributed by atoms with E-state index in [1.807, 2.05) is 18.4 Å². The van der Waals surface area contributed by atoms with Crippen molar-refractivity contribution in [3.63, 3.8) is 0 Å². The van der Waals surface area contributed by atoms with Gasteiger partial charge in [0.1, 0.15) is 0 Å². The maximum Gasteiger partial charge on any atom is 0.191 e. The van der Waals surface area contributed by atoms with Crippen molar-refractivity contribution in [3.8, 4) is 0 Å². The van der Waals surface area contributed by atoms with Gasteiger partial charge in [-0.2, -0.15) is 0 Å². The molecule has 1 aromatic carbocycles. The average Bonchev–Trinajstić information content (AvgIpc) is 3.46. The fraction of sp³-hybridized carbons (Fsp3) is 0.409. The Morgan fingerprint density at radius 1 is 1.07 bits per heavy atom. The highest BCUT2D eigenvalue weighted by Gasteiger charge is 2.20. The molecule has 2 aromatic rings. The first-order chi connectivity index (χ1) is 13.8. The van der Waals surface area contributed by atoms with Crippen molar-refractivity contribution in [3.05, 3.63) is 59.5 Å². The number of nitrogens with one attached hydrogen (secondary N) is 2. The number of nitrogens with zero attached hydrogens (tertiary/aromatic N) is 3. The number of thiophene rings is 1. The lowest BCUT2D eigenvalue weighted by atomic mass is 10.1. The molecule has 2 N–H and O–H groups in total. The van der Waals surface area contributed by atoms with Crippen LogP contribution in [0, 0.1) is 0 Å². The molecule has 0 aliphatic carbocycles. The number of rotatable bonds is 5. The van der Waals surface area contributed by atoms with Crippen LogP contribution in [0.3, 0.4) is 0 Å². The molecule has 0 unspecified atom stereocenters. The van der Waals surface area contributed by atoms with Crippen LogP contribution < -0.4 is 20.4 Å². The highest BCUT2D eigenvalue weighted by molar-refractivity contribution is 7.14. The molecular formula is C22H29N5S. The third-order valence-electron chi connectivity index (χ3n) is 5.46. The summed E-state index contributed by atoms with van der Waals surface area (Å²) < 4.78 is 0. The monoisotopic (exact) mass is 395 g/mol. The van der Waals surface area contributed by atoms with Gasteiger partial charge in [0.25, 0.3) is 0 Å². The van der Waals surface area contributed by atoms with Crippen molar-refractivity contribution in [2.75, 3.05) is 43.0 Å². The zero-order valence-electron chi connectivity index (χ0n) is 16.5. The van der Waals surface area contributed by atoms with Crippen molar-refractivity contribution in [2.24, 2.45) is 4.99 Å². The fourth-order valence-corrected chi connectivity index (χ4v) is 4.57. The molecule has 2 aliphatic rings. The SMILES string of the molecule is CN=C(NCc1ccc(N2CC=CC2)cc1)NC1CCN(c2cccs2)CC1. The van der Waals surface area contributed by atoms with E-state index < -0.39 is 0 Å². The molecule has 1 fully saturated rings. The zero-order valence-corrected chi connectivity index (χ0v) is 17.3. The second kappa shape index (κ2) is 9.15. The molecule has 0 saturated carbocycles. The van der Waals surface area contributed by atoms with Gasteiger partial charge in [-0.15, -0.1) is 11.3 Å². The van der Waals surface area contributed by atoms with Crippen LogP contribution in [0.5, 0.6) is 0 Å². The summed E-state index contributed by atoms with van der Waals surface area (Å²) in [5, 5.41) is 10.6. The molecular weight excluding hydrogens is 366 g/mol. The Bertz CT molecular complexity index is 781. The van der Waals surface area contributed by atoms with Gasteiger partial charge in [0, 0.05) is 51.5 Å². The molecule has 28 heavy (non-hydrogen) atoms. The van der Waals surface area contributed by atoms with Gasteiger partial charge in [0.05, 0.1) is 5.00 Å². The molecule has 1 saturated heterocycles. The number of piperidine rings is 1. The standard InChI is InChI=1S/C22H29N5S/c1-23-22(25-19-10-14-27(15-11-19)21-5-4-16-28-21)24-17-18-6-8-20(9-7-18)26-12-2-3-13-26/h2-9,16,19H,10-15,17H2,1H3,(H2,23,24,25).